The summed E-state index contributed by atoms with van der Waals surface area (Å²) in [5.41, 5.74) is 0.894. The van der Waals surface area contributed by atoms with E-state index in [0.29, 0.717) is 25.4 Å². The molecule has 1 aliphatic rings. The van der Waals surface area contributed by atoms with Crippen LogP contribution < -0.4 is 4.90 Å². The molecule has 0 aliphatic carbocycles. The first kappa shape index (κ1) is 16.0. The SMILES string of the molecule is CCc1cc(N2CCN(CC(F)(F)F)C(C)C2)n2ncnc2n1. The number of aromatic nitrogens is 4. The number of hydrogen-bond donors (Lipinski definition) is 0. The Morgan fingerprint density at radius 3 is 2.74 bits per heavy atom. The lowest BCUT2D eigenvalue weighted by molar-refractivity contribution is -0.150. The van der Waals surface area contributed by atoms with E-state index in [0.717, 1.165) is 17.9 Å². The van der Waals surface area contributed by atoms with Crippen LogP contribution in [0.3, 0.4) is 0 Å². The third kappa shape index (κ3) is 3.39. The second-order valence-corrected chi connectivity index (χ2v) is 5.81. The van der Waals surface area contributed by atoms with Crippen molar-refractivity contribution < 1.29 is 13.2 Å². The molecule has 2 aromatic heterocycles. The molecule has 0 N–H and O–H groups in total. The largest absolute Gasteiger partial charge is 0.401 e. The van der Waals surface area contributed by atoms with Gasteiger partial charge in [-0.3, -0.25) is 4.90 Å². The Labute approximate surface area is 131 Å². The first-order chi connectivity index (χ1) is 10.9. The van der Waals surface area contributed by atoms with E-state index in [1.165, 1.54) is 11.2 Å². The van der Waals surface area contributed by atoms with Gasteiger partial charge >= 0.3 is 6.18 Å². The fourth-order valence-corrected chi connectivity index (χ4v) is 2.92. The molecule has 3 rings (SSSR count). The number of aryl methyl sites for hydroxylation is 1. The molecule has 126 valence electrons. The Bertz CT molecular complexity index is 683. The van der Waals surface area contributed by atoms with Crippen molar-refractivity contribution in [3.8, 4) is 0 Å². The van der Waals surface area contributed by atoms with Crippen molar-refractivity contribution in [1.82, 2.24) is 24.5 Å². The van der Waals surface area contributed by atoms with Gasteiger partial charge in [0.1, 0.15) is 12.1 Å². The number of rotatable bonds is 3. The quantitative estimate of drug-likeness (QED) is 0.859. The van der Waals surface area contributed by atoms with E-state index >= 15 is 0 Å². The van der Waals surface area contributed by atoms with Gasteiger partial charge in [-0.05, 0) is 13.3 Å². The van der Waals surface area contributed by atoms with Gasteiger partial charge in [-0.2, -0.15) is 27.8 Å². The Kier molecular flexibility index (Phi) is 4.13. The first-order valence-electron chi connectivity index (χ1n) is 7.63. The summed E-state index contributed by atoms with van der Waals surface area (Å²) in [6.45, 7) is 4.35. The molecular formula is C14H19F3N6. The van der Waals surface area contributed by atoms with Crippen molar-refractivity contribution in [2.24, 2.45) is 0 Å². The monoisotopic (exact) mass is 328 g/mol. The van der Waals surface area contributed by atoms with Gasteiger partial charge in [-0.1, -0.05) is 6.92 Å². The molecule has 1 saturated heterocycles. The summed E-state index contributed by atoms with van der Waals surface area (Å²) in [5, 5.41) is 4.18. The van der Waals surface area contributed by atoms with Gasteiger partial charge < -0.3 is 4.90 Å². The van der Waals surface area contributed by atoms with E-state index in [2.05, 4.69) is 20.0 Å². The molecule has 0 radical (unpaired) electrons. The molecule has 0 spiro atoms. The Balaban J connectivity index is 1.83. The lowest BCUT2D eigenvalue weighted by Gasteiger charge is -2.40. The second-order valence-electron chi connectivity index (χ2n) is 5.81. The maximum Gasteiger partial charge on any atom is 0.401 e. The third-order valence-corrected chi connectivity index (χ3v) is 4.12. The van der Waals surface area contributed by atoms with Gasteiger partial charge in [0.2, 0.25) is 0 Å². The number of alkyl halides is 3. The Morgan fingerprint density at radius 2 is 2.09 bits per heavy atom. The van der Waals surface area contributed by atoms with E-state index < -0.39 is 12.7 Å². The summed E-state index contributed by atoms with van der Waals surface area (Å²) < 4.78 is 39.5. The van der Waals surface area contributed by atoms with Gasteiger partial charge in [0.05, 0.1) is 6.54 Å². The molecular weight excluding hydrogens is 309 g/mol. The van der Waals surface area contributed by atoms with Crippen molar-refractivity contribution in [1.29, 1.82) is 0 Å². The van der Waals surface area contributed by atoms with Gasteiger partial charge in [0.25, 0.3) is 5.78 Å². The van der Waals surface area contributed by atoms with Gasteiger partial charge in [0.15, 0.2) is 0 Å². The van der Waals surface area contributed by atoms with Crippen LogP contribution in [-0.4, -0.2) is 62.9 Å². The van der Waals surface area contributed by atoms with Crippen LogP contribution in [0.1, 0.15) is 19.5 Å². The fourth-order valence-electron chi connectivity index (χ4n) is 2.92. The Morgan fingerprint density at radius 1 is 1.30 bits per heavy atom. The molecule has 1 atom stereocenters. The van der Waals surface area contributed by atoms with Crippen LogP contribution in [0.2, 0.25) is 0 Å². The zero-order valence-corrected chi connectivity index (χ0v) is 13.1. The van der Waals surface area contributed by atoms with Crippen LogP contribution >= 0.6 is 0 Å². The van der Waals surface area contributed by atoms with Crippen molar-refractivity contribution in [3.63, 3.8) is 0 Å². The molecule has 2 aromatic rings. The van der Waals surface area contributed by atoms with E-state index in [1.807, 2.05) is 19.9 Å². The molecule has 23 heavy (non-hydrogen) atoms. The van der Waals surface area contributed by atoms with Crippen LogP contribution in [-0.2, 0) is 6.42 Å². The molecule has 0 amide bonds. The van der Waals surface area contributed by atoms with Gasteiger partial charge in [-0.15, -0.1) is 0 Å². The molecule has 1 unspecified atom stereocenters. The van der Waals surface area contributed by atoms with Crippen molar-refractivity contribution in [3.05, 3.63) is 18.1 Å². The van der Waals surface area contributed by atoms with Crippen LogP contribution in [0.5, 0.6) is 0 Å². The average molecular weight is 328 g/mol. The van der Waals surface area contributed by atoms with E-state index in [-0.39, 0.29) is 6.04 Å². The molecule has 0 aromatic carbocycles. The molecule has 1 fully saturated rings. The van der Waals surface area contributed by atoms with Crippen LogP contribution in [0, 0.1) is 0 Å². The topological polar surface area (TPSA) is 49.6 Å². The zero-order valence-electron chi connectivity index (χ0n) is 13.1. The summed E-state index contributed by atoms with van der Waals surface area (Å²) >= 11 is 0. The average Bonchev–Trinajstić information content (AvgIpc) is 2.95. The normalized spacial score (nSPS) is 20.4. The summed E-state index contributed by atoms with van der Waals surface area (Å²) in [7, 11) is 0. The van der Waals surface area contributed by atoms with Crippen LogP contribution in [0.4, 0.5) is 19.0 Å². The highest BCUT2D eigenvalue weighted by molar-refractivity contribution is 5.48. The standard InChI is InChI=1S/C14H19F3N6/c1-3-11-6-12(23-13(20-11)18-9-19-23)21-4-5-22(10(2)7-21)8-14(15,16)17/h6,9-10H,3-5,7-8H2,1-2H3. The second kappa shape index (κ2) is 5.95. The fraction of sp³-hybridized carbons (Fsp3) is 0.643. The van der Waals surface area contributed by atoms with Crippen LogP contribution in [0.15, 0.2) is 12.4 Å². The van der Waals surface area contributed by atoms with Gasteiger partial charge in [0, 0.05) is 37.4 Å². The molecule has 6 nitrogen and oxygen atoms in total. The summed E-state index contributed by atoms with van der Waals surface area (Å²) in [5.74, 6) is 1.35. The lowest BCUT2D eigenvalue weighted by atomic mass is 10.2. The maximum absolute atomic E-state index is 12.6. The minimum absolute atomic E-state index is 0.192. The minimum Gasteiger partial charge on any atom is -0.354 e. The Hall–Kier alpha value is -1.90. The smallest absolute Gasteiger partial charge is 0.354 e. The summed E-state index contributed by atoms with van der Waals surface area (Å²) in [6, 6.07) is 1.75. The summed E-state index contributed by atoms with van der Waals surface area (Å²) in [4.78, 5) is 12.0. The first-order valence-corrected chi connectivity index (χ1v) is 7.63. The minimum atomic E-state index is -4.17. The van der Waals surface area contributed by atoms with Crippen molar-refractivity contribution in [2.45, 2.75) is 32.5 Å². The number of anilines is 1. The number of halogens is 3. The van der Waals surface area contributed by atoms with Gasteiger partial charge in [-0.25, -0.2) is 4.98 Å². The van der Waals surface area contributed by atoms with Crippen LogP contribution in [0.25, 0.3) is 5.78 Å². The predicted molar refractivity (Wildman–Crippen MR) is 79.5 cm³/mol. The zero-order chi connectivity index (χ0) is 16.6. The van der Waals surface area contributed by atoms with E-state index in [4.69, 9.17) is 0 Å². The summed E-state index contributed by atoms with van der Waals surface area (Å²) in [6.07, 6.45) is -1.96. The van der Waals surface area contributed by atoms with Crippen molar-refractivity contribution in [2.75, 3.05) is 31.1 Å². The molecule has 0 saturated carbocycles. The predicted octanol–water partition coefficient (Wildman–Crippen LogP) is 1.76. The molecule has 3 heterocycles. The van der Waals surface area contributed by atoms with Crippen molar-refractivity contribution >= 4 is 11.6 Å². The third-order valence-electron chi connectivity index (χ3n) is 4.12. The molecule has 1 aliphatic heterocycles. The lowest BCUT2D eigenvalue weighted by Crippen LogP contribution is -2.54. The van der Waals surface area contributed by atoms with E-state index in [9.17, 15) is 13.2 Å². The maximum atomic E-state index is 12.6. The highest BCUT2D eigenvalue weighted by atomic mass is 19.4. The molecule has 0 bridgehead atoms. The highest BCUT2D eigenvalue weighted by Gasteiger charge is 2.35. The highest BCUT2D eigenvalue weighted by Crippen LogP contribution is 2.24. The van der Waals surface area contributed by atoms with E-state index in [1.54, 1.807) is 4.52 Å². The number of fused-ring (bicyclic) bond motifs is 1. The number of piperazine rings is 1. The molecule has 9 heteroatoms. The number of nitrogens with zero attached hydrogens (tertiary/aromatic N) is 6. The number of hydrogen-bond acceptors (Lipinski definition) is 5.